The monoisotopic (exact) mass is 223 g/mol. The van der Waals surface area contributed by atoms with Crippen LogP contribution < -0.4 is 5.73 Å². The minimum absolute atomic E-state index is 0.145. The molecule has 4 heteroatoms. The van der Waals surface area contributed by atoms with Crippen LogP contribution in [0.2, 0.25) is 0 Å². The zero-order chi connectivity index (χ0) is 12.0. The summed E-state index contributed by atoms with van der Waals surface area (Å²) in [4.78, 5) is 11.5. The summed E-state index contributed by atoms with van der Waals surface area (Å²) in [5, 5.41) is 0. The van der Waals surface area contributed by atoms with Gasteiger partial charge in [0, 0.05) is 5.69 Å². The van der Waals surface area contributed by atoms with E-state index in [-0.39, 0.29) is 18.7 Å². The van der Waals surface area contributed by atoms with Crippen molar-refractivity contribution < 1.29 is 14.3 Å². The number of hydrogen-bond acceptors (Lipinski definition) is 4. The first-order chi connectivity index (χ1) is 7.59. The molecule has 0 aliphatic heterocycles. The first-order valence-corrected chi connectivity index (χ1v) is 5.24. The molecule has 0 saturated carbocycles. The van der Waals surface area contributed by atoms with Crippen molar-refractivity contribution in [3.05, 3.63) is 29.8 Å². The van der Waals surface area contributed by atoms with Crippen LogP contribution in [0.4, 0.5) is 5.69 Å². The molecule has 0 saturated heterocycles. The standard InChI is InChI=1S/C12H17NO3/c1-9(2)15-6-7-16-12(14)10-4-3-5-11(13)8-10/h3-5,8-9H,6-7,13H2,1-2H3. The largest absolute Gasteiger partial charge is 0.460 e. The highest BCUT2D eigenvalue weighted by molar-refractivity contribution is 5.90. The van der Waals surface area contributed by atoms with Gasteiger partial charge in [0.05, 0.1) is 18.3 Å². The third-order valence-corrected chi connectivity index (χ3v) is 1.89. The van der Waals surface area contributed by atoms with Crippen LogP contribution in [-0.4, -0.2) is 25.3 Å². The molecule has 1 aromatic carbocycles. The molecule has 0 aliphatic carbocycles. The number of anilines is 1. The number of carbonyl (C=O) groups excluding carboxylic acids is 1. The first kappa shape index (κ1) is 12.5. The predicted molar refractivity (Wildman–Crippen MR) is 62.2 cm³/mol. The highest BCUT2D eigenvalue weighted by Gasteiger charge is 2.06. The maximum absolute atomic E-state index is 11.5. The molecule has 4 nitrogen and oxygen atoms in total. The molecule has 0 unspecified atom stereocenters. The number of hydrogen-bond donors (Lipinski definition) is 1. The number of rotatable bonds is 5. The lowest BCUT2D eigenvalue weighted by Crippen LogP contribution is -2.13. The number of nitrogen functional groups attached to an aromatic ring is 1. The molecule has 16 heavy (non-hydrogen) atoms. The number of benzene rings is 1. The molecule has 1 rings (SSSR count). The Hall–Kier alpha value is -1.55. The molecule has 1 aromatic rings. The molecule has 0 aliphatic rings. The normalized spacial score (nSPS) is 10.4. The summed E-state index contributed by atoms with van der Waals surface area (Å²) in [6.07, 6.45) is 0.145. The number of ether oxygens (including phenoxy) is 2. The summed E-state index contributed by atoms with van der Waals surface area (Å²) in [5.41, 5.74) is 6.57. The van der Waals surface area contributed by atoms with Crippen LogP contribution in [0.15, 0.2) is 24.3 Å². The Kier molecular flexibility index (Phi) is 4.79. The van der Waals surface area contributed by atoms with Crippen LogP contribution >= 0.6 is 0 Å². The third kappa shape index (κ3) is 4.31. The van der Waals surface area contributed by atoms with Gasteiger partial charge in [-0.3, -0.25) is 0 Å². The third-order valence-electron chi connectivity index (χ3n) is 1.89. The molecule has 0 atom stereocenters. The Labute approximate surface area is 95.3 Å². The van der Waals surface area contributed by atoms with Gasteiger partial charge in [0.2, 0.25) is 0 Å². The van der Waals surface area contributed by atoms with Gasteiger partial charge in [0.1, 0.15) is 6.61 Å². The Morgan fingerprint density at radius 1 is 1.38 bits per heavy atom. The van der Waals surface area contributed by atoms with Gasteiger partial charge in [-0.15, -0.1) is 0 Å². The van der Waals surface area contributed by atoms with Gasteiger partial charge in [-0.1, -0.05) is 6.07 Å². The molecule has 0 bridgehead atoms. The zero-order valence-electron chi connectivity index (χ0n) is 9.60. The van der Waals surface area contributed by atoms with E-state index in [4.69, 9.17) is 15.2 Å². The van der Waals surface area contributed by atoms with Crippen molar-refractivity contribution in [3.8, 4) is 0 Å². The van der Waals surface area contributed by atoms with Crippen molar-refractivity contribution in [1.82, 2.24) is 0 Å². The van der Waals surface area contributed by atoms with Crippen molar-refractivity contribution in [1.29, 1.82) is 0 Å². The van der Waals surface area contributed by atoms with Crippen molar-refractivity contribution in [3.63, 3.8) is 0 Å². The quantitative estimate of drug-likeness (QED) is 0.470. The zero-order valence-corrected chi connectivity index (χ0v) is 9.60. The minimum atomic E-state index is -0.375. The van der Waals surface area contributed by atoms with Crippen LogP contribution in [0.25, 0.3) is 0 Å². The molecular weight excluding hydrogens is 206 g/mol. The molecule has 0 spiro atoms. The maximum atomic E-state index is 11.5. The van der Waals surface area contributed by atoms with Crippen LogP contribution in [0.3, 0.4) is 0 Å². The average Bonchev–Trinajstić information content (AvgIpc) is 2.24. The summed E-state index contributed by atoms with van der Waals surface area (Å²) in [6.45, 7) is 4.52. The molecule has 0 aromatic heterocycles. The van der Waals surface area contributed by atoms with Crippen LogP contribution in [0.1, 0.15) is 24.2 Å². The summed E-state index contributed by atoms with van der Waals surface area (Å²) in [5.74, 6) is -0.375. The SMILES string of the molecule is CC(C)OCCOC(=O)c1cccc(N)c1. The Bertz CT molecular complexity index is 350. The minimum Gasteiger partial charge on any atom is -0.460 e. The highest BCUT2D eigenvalue weighted by atomic mass is 16.6. The van der Waals surface area contributed by atoms with Gasteiger partial charge in [0.15, 0.2) is 0 Å². The van der Waals surface area contributed by atoms with Gasteiger partial charge < -0.3 is 15.2 Å². The van der Waals surface area contributed by atoms with Gasteiger partial charge in [0.25, 0.3) is 0 Å². The molecule has 88 valence electrons. The first-order valence-electron chi connectivity index (χ1n) is 5.24. The fourth-order valence-corrected chi connectivity index (χ4v) is 1.17. The smallest absolute Gasteiger partial charge is 0.338 e. The van der Waals surface area contributed by atoms with Crippen LogP contribution in [0.5, 0.6) is 0 Å². The predicted octanol–water partition coefficient (Wildman–Crippen LogP) is 1.85. The van der Waals surface area contributed by atoms with E-state index in [9.17, 15) is 4.79 Å². The Morgan fingerprint density at radius 2 is 2.12 bits per heavy atom. The fraction of sp³-hybridized carbons (Fsp3) is 0.417. The summed E-state index contributed by atoms with van der Waals surface area (Å²) < 4.78 is 10.3. The fourth-order valence-electron chi connectivity index (χ4n) is 1.17. The van der Waals surface area contributed by atoms with E-state index in [0.717, 1.165) is 0 Å². The Balaban J connectivity index is 2.35. The average molecular weight is 223 g/mol. The molecule has 0 amide bonds. The van der Waals surface area contributed by atoms with Crippen LogP contribution in [0, 0.1) is 0 Å². The second kappa shape index (κ2) is 6.12. The van der Waals surface area contributed by atoms with E-state index in [1.54, 1.807) is 24.3 Å². The van der Waals surface area contributed by atoms with Crippen molar-refractivity contribution in [2.75, 3.05) is 18.9 Å². The van der Waals surface area contributed by atoms with Crippen molar-refractivity contribution >= 4 is 11.7 Å². The van der Waals surface area contributed by atoms with E-state index in [1.807, 2.05) is 13.8 Å². The second-order valence-electron chi connectivity index (χ2n) is 3.68. The van der Waals surface area contributed by atoms with E-state index < -0.39 is 0 Å². The topological polar surface area (TPSA) is 61.5 Å². The maximum Gasteiger partial charge on any atom is 0.338 e. The number of nitrogens with two attached hydrogens (primary N) is 1. The lowest BCUT2D eigenvalue weighted by atomic mass is 10.2. The van der Waals surface area contributed by atoms with Gasteiger partial charge >= 0.3 is 5.97 Å². The summed E-state index contributed by atoms with van der Waals surface area (Å²) in [7, 11) is 0. The van der Waals surface area contributed by atoms with E-state index in [2.05, 4.69) is 0 Å². The molecule has 0 radical (unpaired) electrons. The molecule has 0 heterocycles. The molecule has 2 N–H and O–H groups in total. The van der Waals surface area contributed by atoms with E-state index in [1.165, 1.54) is 0 Å². The van der Waals surface area contributed by atoms with E-state index in [0.29, 0.717) is 17.9 Å². The Morgan fingerprint density at radius 3 is 2.75 bits per heavy atom. The lowest BCUT2D eigenvalue weighted by Gasteiger charge is -2.08. The number of carbonyl (C=O) groups is 1. The van der Waals surface area contributed by atoms with Crippen LogP contribution in [-0.2, 0) is 9.47 Å². The van der Waals surface area contributed by atoms with Gasteiger partial charge in [-0.25, -0.2) is 4.79 Å². The van der Waals surface area contributed by atoms with Crippen molar-refractivity contribution in [2.24, 2.45) is 0 Å². The van der Waals surface area contributed by atoms with E-state index >= 15 is 0 Å². The van der Waals surface area contributed by atoms with Gasteiger partial charge in [-0.2, -0.15) is 0 Å². The second-order valence-corrected chi connectivity index (χ2v) is 3.68. The molecular formula is C12H17NO3. The lowest BCUT2D eigenvalue weighted by molar-refractivity contribution is 0.0177. The summed E-state index contributed by atoms with van der Waals surface area (Å²) >= 11 is 0. The van der Waals surface area contributed by atoms with Gasteiger partial charge in [-0.05, 0) is 32.0 Å². The van der Waals surface area contributed by atoms with Crippen molar-refractivity contribution in [2.45, 2.75) is 20.0 Å². The number of esters is 1. The highest BCUT2D eigenvalue weighted by Crippen LogP contribution is 2.07. The summed E-state index contributed by atoms with van der Waals surface area (Å²) in [6, 6.07) is 6.70. The molecule has 0 fully saturated rings.